The molecule has 0 radical (unpaired) electrons. The quantitative estimate of drug-likeness (QED) is 0.109. The molecule has 1 unspecified atom stereocenters. The van der Waals surface area contributed by atoms with Crippen molar-refractivity contribution in [3.05, 3.63) is 0 Å². The number of aliphatic hydroxyl groups is 3. The number of hydrogen-bond acceptors (Lipinski definition) is 16. The van der Waals surface area contributed by atoms with Crippen molar-refractivity contribution < 1.29 is 54.5 Å². The maximum Gasteiger partial charge on any atom is 0.0793 e. The molecule has 0 saturated carbocycles. The minimum absolute atomic E-state index is 0. The van der Waals surface area contributed by atoms with Crippen LogP contribution in [-0.2, 0) is 23.9 Å². The van der Waals surface area contributed by atoms with Gasteiger partial charge in [-0.25, -0.2) is 0 Å². The van der Waals surface area contributed by atoms with Crippen molar-refractivity contribution in [2.24, 2.45) is 0 Å². The van der Waals surface area contributed by atoms with E-state index < -0.39 is 24.0 Å². The number of carboxylic acids is 3. The van der Waals surface area contributed by atoms with E-state index >= 15 is 0 Å². The Hall–Kier alpha value is -1.99. The number of rotatable bonds is 20. The number of carboxylic acid groups (broad SMARTS) is 3. The zero-order valence-corrected chi connectivity index (χ0v) is 23.8. The van der Waals surface area contributed by atoms with Gasteiger partial charge in [0, 0.05) is 98.2 Å². The van der Waals surface area contributed by atoms with Crippen molar-refractivity contribution in [3.8, 4) is 0 Å². The molecular weight excluding hydrogens is 558 g/mol. The number of aliphatic carboxylic acids is 3. The van der Waals surface area contributed by atoms with Crippen molar-refractivity contribution in [3.63, 3.8) is 0 Å². The Balaban J connectivity index is 0.0000168. The van der Waals surface area contributed by atoms with Crippen molar-refractivity contribution in [2.75, 3.05) is 138 Å². The lowest BCUT2D eigenvalue weighted by Crippen LogP contribution is -2.52. The molecule has 0 aromatic rings. The summed E-state index contributed by atoms with van der Waals surface area (Å²) in [4.78, 5) is 42.6. The summed E-state index contributed by atoms with van der Waals surface area (Å²) in [6, 6.07) is 0. The van der Waals surface area contributed by atoms with E-state index in [1.54, 1.807) is 14.7 Å². The first-order valence-electron chi connectivity index (χ1n) is 13.9. The summed E-state index contributed by atoms with van der Waals surface area (Å²) in [6.07, 6.45) is -0.818. The maximum absolute atomic E-state index is 11.3. The minimum atomic E-state index is -1.29. The molecule has 1 aliphatic heterocycles. The van der Waals surface area contributed by atoms with E-state index in [-0.39, 0.29) is 92.8 Å². The van der Waals surface area contributed by atoms with Gasteiger partial charge < -0.3 is 54.5 Å². The van der Waals surface area contributed by atoms with E-state index in [0.29, 0.717) is 52.5 Å². The van der Waals surface area contributed by atoms with E-state index in [9.17, 15) is 34.8 Å². The molecule has 16 heteroatoms. The van der Waals surface area contributed by atoms with Gasteiger partial charge in [0.1, 0.15) is 0 Å². The summed E-state index contributed by atoms with van der Waals surface area (Å²) in [5.41, 5.74) is 0. The second kappa shape index (κ2) is 24.5. The lowest BCUT2D eigenvalue weighted by atomic mass is 10.2. The molecule has 3 N–H and O–H groups in total. The first kappa shape index (κ1) is 40.0. The topological polar surface area (TPSA) is 216 Å². The molecule has 1 saturated heterocycles. The Morgan fingerprint density at radius 1 is 0.643 bits per heavy atom. The van der Waals surface area contributed by atoms with Gasteiger partial charge in [-0.15, -0.1) is 0 Å². The fourth-order valence-electron chi connectivity index (χ4n) is 4.45. The first-order valence-corrected chi connectivity index (χ1v) is 13.9. The Morgan fingerprint density at radius 3 is 1.29 bits per heavy atom. The van der Waals surface area contributed by atoms with Crippen LogP contribution in [0.2, 0.25) is 0 Å². The van der Waals surface area contributed by atoms with Gasteiger partial charge in [-0.1, -0.05) is 7.43 Å². The number of ether oxygens (including phenoxy) is 2. The first-order chi connectivity index (χ1) is 19.6. The maximum atomic E-state index is 11.3. The predicted molar refractivity (Wildman–Crippen MR) is 146 cm³/mol. The minimum Gasteiger partial charge on any atom is -0.549 e. The molecular formula is C26H50N5O11-3. The van der Waals surface area contributed by atoms with Crippen molar-refractivity contribution >= 4 is 17.9 Å². The Kier molecular flexibility index (Phi) is 23.3. The smallest absolute Gasteiger partial charge is 0.0793 e. The molecule has 1 heterocycles. The highest BCUT2D eigenvalue weighted by Crippen LogP contribution is 2.04. The lowest BCUT2D eigenvalue weighted by Gasteiger charge is -2.35. The summed E-state index contributed by atoms with van der Waals surface area (Å²) >= 11 is 0. The van der Waals surface area contributed by atoms with Crippen LogP contribution in [0.3, 0.4) is 0 Å². The number of carbonyl (C=O) groups excluding carboxylic acids is 3. The molecule has 0 aromatic carbocycles. The number of hydrogen-bond donors (Lipinski definition) is 3. The van der Waals surface area contributed by atoms with Gasteiger partial charge in [-0.05, 0) is 0 Å². The van der Waals surface area contributed by atoms with Crippen LogP contribution in [0.25, 0.3) is 0 Å². The highest BCUT2D eigenvalue weighted by Gasteiger charge is 2.20. The zero-order valence-electron chi connectivity index (χ0n) is 23.8. The molecule has 0 amide bonds. The number of carbonyl (C=O) groups is 3. The van der Waals surface area contributed by atoms with Crippen LogP contribution in [0.15, 0.2) is 0 Å². The molecule has 16 nitrogen and oxygen atoms in total. The number of β-amino-alcohol motifs (C(OH)–C–C–N with tert-alkyl or cyclic N) is 1. The van der Waals surface area contributed by atoms with E-state index in [1.807, 2.05) is 9.80 Å². The molecule has 1 aliphatic rings. The second-order valence-corrected chi connectivity index (χ2v) is 9.87. The largest absolute Gasteiger partial charge is 0.549 e. The van der Waals surface area contributed by atoms with E-state index in [4.69, 9.17) is 19.7 Å². The van der Waals surface area contributed by atoms with Crippen LogP contribution in [0.4, 0.5) is 0 Å². The number of aliphatic hydroxyl groups excluding tert-OH is 3. The van der Waals surface area contributed by atoms with Crippen LogP contribution in [0, 0.1) is 0 Å². The van der Waals surface area contributed by atoms with Crippen LogP contribution in [0.1, 0.15) is 7.43 Å². The van der Waals surface area contributed by atoms with Gasteiger partial charge in [0.05, 0.1) is 63.7 Å². The molecule has 0 bridgehead atoms. The van der Waals surface area contributed by atoms with Gasteiger partial charge in [0.2, 0.25) is 0 Å². The third-order valence-corrected chi connectivity index (χ3v) is 6.50. The average molecular weight is 609 g/mol. The summed E-state index contributed by atoms with van der Waals surface area (Å²) < 4.78 is 10.7. The van der Waals surface area contributed by atoms with Crippen molar-refractivity contribution in [1.29, 1.82) is 0 Å². The third kappa shape index (κ3) is 20.8. The van der Waals surface area contributed by atoms with Gasteiger partial charge >= 0.3 is 0 Å². The van der Waals surface area contributed by atoms with Gasteiger partial charge in [-0.2, -0.15) is 0 Å². The van der Waals surface area contributed by atoms with Crippen molar-refractivity contribution in [1.82, 2.24) is 24.5 Å². The average Bonchev–Trinajstić information content (AvgIpc) is 2.89. The van der Waals surface area contributed by atoms with Crippen LogP contribution in [-0.4, -0.2) is 202 Å². The van der Waals surface area contributed by atoms with E-state index in [0.717, 1.165) is 0 Å². The molecule has 42 heavy (non-hydrogen) atoms. The SMILES string of the molecule is C.O=C([O-])CN1CCN(CC(=O)[O-])CCN(CC(O)CN(CCOCCO)CCOCCO)CCN(CC(=O)[O-])CC1. The summed E-state index contributed by atoms with van der Waals surface area (Å²) in [5.74, 6) is -3.82. The normalized spacial score (nSPS) is 17.7. The second-order valence-electron chi connectivity index (χ2n) is 9.87. The lowest BCUT2D eigenvalue weighted by molar-refractivity contribution is -0.308. The van der Waals surface area contributed by atoms with E-state index in [2.05, 4.69) is 0 Å². The highest BCUT2D eigenvalue weighted by molar-refractivity contribution is 5.67. The summed E-state index contributed by atoms with van der Waals surface area (Å²) in [6.45, 7) is 3.51. The van der Waals surface area contributed by atoms with Crippen LogP contribution in [0.5, 0.6) is 0 Å². The standard InChI is InChI=1S/C25H49N5O11.CH4/c31-11-15-40-13-9-30(10-14-41-16-12-32)18-22(33)17-26-1-3-27(19-23(34)35)5-7-29(21-25(38)39)8-6-28(4-2-26)20-24(36)37;/h22,31-33H,1-21H2,(H,34,35)(H,36,37)(H,38,39);1H4/p-3. The zero-order chi connectivity index (χ0) is 30.5. The monoisotopic (exact) mass is 608 g/mol. The molecule has 0 spiro atoms. The fraction of sp³-hybridized carbons (Fsp3) is 0.885. The van der Waals surface area contributed by atoms with Crippen molar-refractivity contribution in [2.45, 2.75) is 13.5 Å². The van der Waals surface area contributed by atoms with Crippen LogP contribution < -0.4 is 15.3 Å². The molecule has 1 fully saturated rings. The summed E-state index contributed by atoms with van der Waals surface area (Å²) in [5, 5.41) is 62.7. The predicted octanol–water partition coefficient (Wildman–Crippen LogP) is -7.23. The van der Waals surface area contributed by atoms with Gasteiger partial charge in [0.25, 0.3) is 0 Å². The Labute approximate surface area is 248 Å². The molecule has 1 atom stereocenters. The molecule has 0 aromatic heterocycles. The third-order valence-electron chi connectivity index (χ3n) is 6.50. The molecule has 0 aliphatic carbocycles. The molecule has 1 rings (SSSR count). The Morgan fingerprint density at radius 2 is 0.976 bits per heavy atom. The summed E-state index contributed by atoms with van der Waals surface area (Å²) in [7, 11) is 0. The molecule has 248 valence electrons. The number of nitrogens with zero attached hydrogens (tertiary/aromatic N) is 5. The van der Waals surface area contributed by atoms with Gasteiger partial charge in [-0.3, -0.25) is 24.5 Å². The van der Waals surface area contributed by atoms with Crippen LogP contribution >= 0.6 is 0 Å². The fourth-order valence-corrected chi connectivity index (χ4v) is 4.45. The Bertz CT molecular complexity index is 693. The van der Waals surface area contributed by atoms with Gasteiger partial charge in [0.15, 0.2) is 0 Å². The highest BCUT2D eigenvalue weighted by atomic mass is 16.5. The van der Waals surface area contributed by atoms with E-state index in [1.165, 1.54) is 0 Å².